The predicted molar refractivity (Wildman–Crippen MR) is 82.8 cm³/mol. The van der Waals surface area contributed by atoms with E-state index in [2.05, 4.69) is 11.4 Å². The molecule has 4 nitrogen and oxygen atoms in total. The quantitative estimate of drug-likeness (QED) is 0.915. The van der Waals surface area contributed by atoms with Crippen molar-refractivity contribution >= 4 is 22.5 Å². The average Bonchev–Trinajstić information content (AvgIpc) is 2.62. The molecular formula is C17H17N3O. The molecule has 0 aliphatic heterocycles. The van der Waals surface area contributed by atoms with Crippen molar-refractivity contribution in [2.24, 2.45) is 7.05 Å². The Morgan fingerprint density at radius 2 is 2.00 bits per heavy atom. The summed E-state index contributed by atoms with van der Waals surface area (Å²) in [4.78, 5) is 11.7. The third kappa shape index (κ3) is 2.43. The molecule has 0 atom stereocenters. The highest BCUT2D eigenvalue weighted by molar-refractivity contribution is 5.94. The maximum absolute atomic E-state index is 11.7. The fraction of sp³-hybridized carbons (Fsp3) is 0.294. The van der Waals surface area contributed by atoms with Gasteiger partial charge in [-0.2, -0.15) is 5.26 Å². The van der Waals surface area contributed by atoms with Gasteiger partial charge in [-0.1, -0.05) is 18.2 Å². The number of carbonyl (C=O) groups excluding carboxylic acids is 1. The lowest BCUT2D eigenvalue weighted by Gasteiger charge is -2.11. The number of nitriles is 1. The second kappa shape index (κ2) is 5.45. The molecule has 0 unspecified atom stereocenters. The third-order valence-corrected chi connectivity index (χ3v) is 3.95. The number of carbonyl (C=O) groups is 1. The number of rotatable bonds is 2. The van der Waals surface area contributed by atoms with Gasteiger partial charge in [0.05, 0.1) is 5.52 Å². The summed E-state index contributed by atoms with van der Waals surface area (Å²) in [7, 11) is 1.94. The molecule has 4 heteroatoms. The summed E-state index contributed by atoms with van der Waals surface area (Å²) in [5.41, 5.74) is 2.54. The first-order valence-corrected chi connectivity index (χ1v) is 7.18. The first-order valence-electron chi connectivity index (χ1n) is 7.18. The Balaban J connectivity index is 2.06. The van der Waals surface area contributed by atoms with Crippen molar-refractivity contribution in [1.29, 1.82) is 5.26 Å². The number of para-hydroxylation sites is 1. The van der Waals surface area contributed by atoms with Gasteiger partial charge in [0.25, 0.3) is 0 Å². The van der Waals surface area contributed by atoms with Crippen LogP contribution in [0.2, 0.25) is 0 Å². The van der Waals surface area contributed by atoms with E-state index in [1.165, 1.54) is 0 Å². The zero-order valence-corrected chi connectivity index (χ0v) is 12.0. The van der Waals surface area contributed by atoms with Gasteiger partial charge in [0.15, 0.2) is 5.78 Å². The van der Waals surface area contributed by atoms with Gasteiger partial charge in [-0.05, 0) is 25.3 Å². The number of allylic oxidation sites excluding steroid dienone is 2. The molecule has 0 saturated heterocycles. The highest BCUT2D eigenvalue weighted by atomic mass is 16.1. The van der Waals surface area contributed by atoms with Crippen LogP contribution >= 0.6 is 0 Å². The SMILES string of the molecule is Cn1c(NC2=CC(=O)CCCC2)c(C#N)c2ccccc21. The summed E-state index contributed by atoms with van der Waals surface area (Å²) in [5, 5.41) is 13.7. The van der Waals surface area contributed by atoms with Crippen molar-refractivity contribution in [3.8, 4) is 6.07 Å². The van der Waals surface area contributed by atoms with Gasteiger partial charge in [-0.15, -0.1) is 0 Å². The first-order chi connectivity index (χ1) is 10.2. The average molecular weight is 279 g/mol. The summed E-state index contributed by atoms with van der Waals surface area (Å²) < 4.78 is 1.98. The number of hydrogen-bond donors (Lipinski definition) is 1. The largest absolute Gasteiger partial charge is 0.344 e. The highest BCUT2D eigenvalue weighted by Crippen LogP contribution is 2.30. The van der Waals surface area contributed by atoms with Crippen LogP contribution in [0.15, 0.2) is 36.0 Å². The van der Waals surface area contributed by atoms with Crippen LogP contribution in [0.1, 0.15) is 31.2 Å². The zero-order valence-electron chi connectivity index (χ0n) is 12.0. The van der Waals surface area contributed by atoms with E-state index in [4.69, 9.17) is 0 Å². The number of aryl methyl sites for hydroxylation is 1. The molecule has 3 rings (SSSR count). The second-order valence-electron chi connectivity index (χ2n) is 5.38. The van der Waals surface area contributed by atoms with Crippen molar-refractivity contribution in [1.82, 2.24) is 4.57 Å². The molecule has 0 saturated carbocycles. The van der Waals surface area contributed by atoms with Gasteiger partial charge < -0.3 is 9.88 Å². The summed E-state index contributed by atoms with van der Waals surface area (Å²) in [6, 6.07) is 10.1. The van der Waals surface area contributed by atoms with Crippen molar-refractivity contribution in [2.45, 2.75) is 25.7 Å². The number of benzene rings is 1. The van der Waals surface area contributed by atoms with Gasteiger partial charge in [0.2, 0.25) is 0 Å². The number of anilines is 1. The summed E-state index contributed by atoms with van der Waals surface area (Å²) in [5.74, 6) is 0.923. The molecule has 0 spiro atoms. The lowest BCUT2D eigenvalue weighted by Crippen LogP contribution is -2.06. The maximum atomic E-state index is 11.7. The lowest BCUT2D eigenvalue weighted by atomic mass is 10.2. The lowest BCUT2D eigenvalue weighted by molar-refractivity contribution is -0.114. The standard InChI is InChI=1S/C17H17N3O/c1-20-16-9-5-4-8-14(16)15(11-18)17(20)19-12-6-2-3-7-13(21)10-12/h4-5,8-10,19H,2-3,6-7H2,1H3. The summed E-state index contributed by atoms with van der Waals surface area (Å²) >= 11 is 0. The predicted octanol–water partition coefficient (Wildman–Crippen LogP) is 3.49. The van der Waals surface area contributed by atoms with Crippen molar-refractivity contribution in [2.75, 3.05) is 5.32 Å². The van der Waals surface area contributed by atoms with E-state index in [1.54, 1.807) is 6.08 Å². The molecule has 0 fully saturated rings. The Bertz CT molecular complexity index is 777. The van der Waals surface area contributed by atoms with E-state index in [9.17, 15) is 10.1 Å². The monoisotopic (exact) mass is 279 g/mol. The van der Waals surface area contributed by atoms with Crippen LogP contribution in [0.25, 0.3) is 10.9 Å². The minimum absolute atomic E-state index is 0.160. The number of nitrogens with one attached hydrogen (secondary N) is 1. The van der Waals surface area contributed by atoms with Crippen LogP contribution in [-0.4, -0.2) is 10.4 Å². The second-order valence-corrected chi connectivity index (χ2v) is 5.38. The molecule has 1 aromatic carbocycles. The molecule has 1 N–H and O–H groups in total. The highest BCUT2D eigenvalue weighted by Gasteiger charge is 2.16. The Morgan fingerprint density at radius 3 is 2.81 bits per heavy atom. The molecule has 106 valence electrons. The van der Waals surface area contributed by atoms with E-state index in [0.29, 0.717) is 12.0 Å². The van der Waals surface area contributed by atoms with Crippen molar-refractivity contribution in [3.05, 3.63) is 41.6 Å². The van der Waals surface area contributed by atoms with Crippen LogP contribution in [-0.2, 0) is 11.8 Å². The molecule has 2 aromatic rings. The van der Waals surface area contributed by atoms with Gasteiger partial charge in [-0.3, -0.25) is 4.79 Å². The van der Waals surface area contributed by atoms with Crippen LogP contribution in [0.5, 0.6) is 0 Å². The van der Waals surface area contributed by atoms with Gasteiger partial charge >= 0.3 is 0 Å². The van der Waals surface area contributed by atoms with Gasteiger partial charge in [0.1, 0.15) is 17.5 Å². The number of hydrogen-bond acceptors (Lipinski definition) is 3. The molecule has 1 aliphatic rings. The van der Waals surface area contributed by atoms with E-state index < -0.39 is 0 Å². The first kappa shape index (κ1) is 13.4. The van der Waals surface area contributed by atoms with Gasteiger partial charge in [-0.25, -0.2) is 0 Å². The molecule has 0 bridgehead atoms. The van der Waals surface area contributed by atoms with Crippen LogP contribution in [0, 0.1) is 11.3 Å². The van der Waals surface area contributed by atoms with Crippen LogP contribution < -0.4 is 5.32 Å². The third-order valence-electron chi connectivity index (χ3n) is 3.95. The molecule has 21 heavy (non-hydrogen) atoms. The summed E-state index contributed by atoms with van der Waals surface area (Å²) in [6.07, 6.45) is 5.08. The topological polar surface area (TPSA) is 57.8 Å². The molecule has 0 amide bonds. The Hall–Kier alpha value is -2.54. The number of ketones is 1. The number of nitrogens with zero attached hydrogens (tertiary/aromatic N) is 2. The molecule has 1 heterocycles. The Morgan fingerprint density at radius 1 is 1.24 bits per heavy atom. The maximum Gasteiger partial charge on any atom is 0.157 e. The molecule has 0 radical (unpaired) electrons. The van der Waals surface area contributed by atoms with E-state index >= 15 is 0 Å². The zero-order chi connectivity index (χ0) is 14.8. The Kier molecular flexibility index (Phi) is 3.49. The smallest absolute Gasteiger partial charge is 0.157 e. The molecule has 1 aromatic heterocycles. The number of aromatic nitrogens is 1. The van der Waals surface area contributed by atoms with Crippen molar-refractivity contribution < 1.29 is 4.79 Å². The van der Waals surface area contributed by atoms with Crippen molar-refractivity contribution in [3.63, 3.8) is 0 Å². The Labute approximate surface area is 123 Å². The molecule has 1 aliphatic carbocycles. The van der Waals surface area contributed by atoms with E-state index in [0.717, 1.165) is 41.7 Å². The van der Waals surface area contributed by atoms with E-state index in [1.807, 2.05) is 35.9 Å². The fourth-order valence-corrected chi connectivity index (χ4v) is 2.86. The van der Waals surface area contributed by atoms with Gasteiger partial charge in [0, 0.05) is 30.6 Å². The fourth-order valence-electron chi connectivity index (χ4n) is 2.86. The minimum Gasteiger partial charge on any atom is -0.344 e. The normalized spacial score (nSPS) is 15.4. The number of fused-ring (bicyclic) bond motifs is 1. The molecular weight excluding hydrogens is 262 g/mol. The van der Waals surface area contributed by atoms with Crippen LogP contribution in [0.4, 0.5) is 5.82 Å². The minimum atomic E-state index is 0.160. The summed E-state index contributed by atoms with van der Waals surface area (Å²) in [6.45, 7) is 0. The van der Waals surface area contributed by atoms with E-state index in [-0.39, 0.29) is 5.78 Å². The van der Waals surface area contributed by atoms with Crippen LogP contribution in [0.3, 0.4) is 0 Å².